The van der Waals surface area contributed by atoms with Crippen molar-refractivity contribution in [2.75, 3.05) is 5.12 Å². The van der Waals surface area contributed by atoms with Crippen LogP contribution in [-0.4, -0.2) is 17.6 Å². The molecule has 2 N–H and O–H groups in total. The van der Waals surface area contributed by atoms with Crippen molar-refractivity contribution < 1.29 is 9.59 Å². The first-order chi connectivity index (χ1) is 9.29. The highest BCUT2D eigenvalue weighted by Crippen LogP contribution is 2.17. The molecule has 6 nitrogen and oxygen atoms in total. The van der Waals surface area contributed by atoms with E-state index >= 15 is 0 Å². The zero-order valence-electron chi connectivity index (χ0n) is 12.4. The summed E-state index contributed by atoms with van der Waals surface area (Å²) in [5.74, 6) is -0.431. The van der Waals surface area contributed by atoms with Crippen molar-refractivity contribution in [2.24, 2.45) is 5.10 Å². The van der Waals surface area contributed by atoms with E-state index in [2.05, 4.69) is 15.8 Å². The molecule has 1 rings (SSSR count). The fourth-order valence-corrected chi connectivity index (χ4v) is 1.49. The third kappa shape index (κ3) is 4.72. The fraction of sp³-hybridized carbons (Fsp3) is 0.357. The molecule has 0 aromatic heterocycles. The number of hydrogen-bond donors (Lipinski definition) is 2. The Kier molecular flexibility index (Phi) is 5.25. The van der Waals surface area contributed by atoms with E-state index in [1.807, 2.05) is 45.9 Å². The van der Waals surface area contributed by atoms with Gasteiger partial charge in [0.25, 0.3) is 0 Å². The number of anilines is 1. The number of imide groups is 1. The maximum Gasteiger partial charge on any atom is 0.341 e. The summed E-state index contributed by atoms with van der Waals surface area (Å²) in [7, 11) is 0. The van der Waals surface area contributed by atoms with Gasteiger partial charge in [0.15, 0.2) is 0 Å². The van der Waals surface area contributed by atoms with Crippen molar-refractivity contribution >= 4 is 23.3 Å². The van der Waals surface area contributed by atoms with E-state index in [1.54, 1.807) is 0 Å². The molecule has 0 saturated carbocycles. The Bertz CT molecular complexity index is 548. The van der Waals surface area contributed by atoms with Crippen molar-refractivity contribution in [2.45, 2.75) is 34.6 Å². The molecule has 0 radical (unpaired) electrons. The Balaban J connectivity index is 3.00. The van der Waals surface area contributed by atoms with Gasteiger partial charge in [-0.25, -0.2) is 10.2 Å². The van der Waals surface area contributed by atoms with Crippen LogP contribution in [0.15, 0.2) is 23.3 Å². The number of benzene rings is 1. The van der Waals surface area contributed by atoms with Crippen LogP contribution < -0.4 is 15.9 Å². The summed E-state index contributed by atoms with van der Waals surface area (Å²) in [5, 5.41) is 7.72. The highest BCUT2D eigenvalue weighted by atomic mass is 16.2. The van der Waals surface area contributed by atoms with Crippen molar-refractivity contribution in [1.29, 1.82) is 0 Å². The summed E-state index contributed by atoms with van der Waals surface area (Å²) in [6.45, 7) is 8.90. The van der Waals surface area contributed by atoms with Crippen molar-refractivity contribution in [1.82, 2.24) is 10.7 Å². The van der Waals surface area contributed by atoms with Crippen LogP contribution in [0, 0.1) is 13.8 Å². The Morgan fingerprint density at radius 1 is 1.10 bits per heavy atom. The van der Waals surface area contributed by atoms with E-state index < -0.39 is 11.9 Å². The number of hydrazone groups is 1. The van der Waals surface area contributed by atoms with E-state index in [1.165, 1.54) is 12.0 Å². The Morgan fingerprint density at radius 2 is 1.75 bits per heavy atom. The van der Waals surface area contributed by atoms with Crippen molar-refractivity contribution in [3.63, 3.8) is 0 Å². The number of nitrogens with one attached hydrogen (secondary N) is 2. The normalized spacial score (nSPS) is 9.65. The predicted molar refractivity (Wildman–Crippen MR) is 79.5 cm³/mol. The molecule has 1 aromatic rings. The van der Waals surface area contributed by atoms with Crippen LogP contribution in [0.3, 0.4) is 0 Å². The molecule has 0 spiro atoms. The lowest BCUT2D eigenvalue weighted by Crippen LogP contribution is -2.46. The fourth-order valence-electron chi connectivity index (χ4n) is 1.49. The number of rotatable bonds is 3. The van der Waals surface area contributed by atoms with Gasteiger partial charge in [-0.05, 0) is 51.0 Å². The van der Waals surface area contributed by atoms with Gasteiger partial charge in [0.2, 0.25) is 5.91 Å². The Morgan fingerprint density at radius 3 is 2.25 bits per heavy atom. The van der Waals surface area contributed by atoms with Crippen molar-refractivity contribution in [3.8, 4) is 0 Å². The van der Waals surface area contributed by atoms with E-state index in [9.17, 15) is 9.59 Å². The molecule has 0 aliphatic rings. The minimum Gasteiger partial charge on any atom is -0.277 e. The summed E-state index contributed by atoms with van der Waals surface area (Å²) in [6.07, 6.45) is 0. The maximum absolute atomic E-state index is 11.6. The SMILES string of the molecule is CC(=O)NC(=O)NN(N=C(C)C)c1ccc(C)c(C)c1. The lowest BCUT2D eigenvalue weighted by molar-refractivity contribution is -0.117. The van der Waals surface area contributed by atoms with Crippen LogP contribution in [0.2, 0.25) is 0 Å². The molecule has 6 heteroatoms. The third-order valence-corrected chi connectivity index (χ3v) is 2.53. The van der Waals surface area contributed by atoms with E-state index in [0.29, 0.717) is 5.69 Å². The first-order valence-corrected chi connectivity index (χ1v) is 6.27. The highest BCUT2D eigenvalue weighted by Gasteiger charge is 2.11. The van der Waals surface area contributed by atoms with Gasteiger partial charge in [0, 0.05) is 12.6 Å². The minimum absolute atomic E-state index is 0.431. The average Bonchev–Trinajstić information content (AvgIpc) is 2.30. The van der Waals surface area contributed by atoms with Gasteiger partial charge in [0.1, 0.15) is 0 Å². The van der Waals surface area contributed by atoms with Crippen LogP contribution in [0.4, 0.5) is 10.5 Å². The van der Waals surface area contributed by atoms with E-state index in [4.69, 9.17) is 0 Å². The number of carbonyl (C=O) groups is 2. The number of nitrogens with zero attached hydrogens (tertiary/aromatic N) is 2. The molecule has 108 valence electrons. The third-order valence-electron chi connectivity index (χ3n) is 2.53. The van der Waals surface area contributed by atoms with Crippen LogP contribution >= 0.6 is 0 Å². The van der Waals surface area contributed by atoms with Gasteiger partial charge < -0.3 is 0 Å². The van der Waals surface area contributed by atoms with E-state index in [0.717, 1.165) is 16.8 Å². The summed E-state index contributed by atoms with van der Waals surface area (Å²) >= 11 is 0. The second kappa shape index (κ2) is 6.70. The molecular formula is C14H20N4O2. The zero-order chi connectivity index (χ0) is 15.3. The number of hydrogen-bond acceptors (Lipinski definition) is 4. The number of carbonyl (C=O) groups excluding carboxylic acids is 2. The molecule has 3 amide bonds. The molecule has 0 saturated heterocycles. The van der Waals surface area contributed by atoms with Gasteiger partial charge >= 0.3 is 6.03 Å². The standard InChI is InChI=1S/C14H20N4O2/c1-9(2)16-18(17-14(20)15-12(5)19)13-7-6-10(3)11(4)8-13/h6-8H,1-5H3,(H2,15,17,19,20). The van der Waals surface area contributed by atoms with Crippen LogP contribution in [0.5, 0.6) is 0 Å². The van der Waals surface area contributed by atoms with Gasteiger partial charge in [-0.2, -0.15) is 10.2 Å². The van der Waals surface area contributed by atoms with Crippen molar-refractivity contribution in [3.05, 3.63) is 29.3 Å². The summed E-state index contributed by atoms with van der Waals surface area (Å²) in [4.78, 5) is 22.5. The van der Waals surface area contributed by atoms with Crippen LogP contribution in [0.1, 0.15) is 31.9 Å². The molecule has 0 unspecified atom stereocenters. The first kappa shape index (κ1) is 15.7. The predicted octanol–water partition coefficient (Wildman–Crippen LogP) is 2.27. The van der Waals surface area contributed by atoms with Gasteiger partial charge in [0.05, 0.1) is 5.69 Å². The highest BCUT2D eigenvalue weighted by molar-refractivity contribution is 5.93. The van der Waals surface area contributed by atoms with E-state index in [-0.39, 0.29) is 0 Å². The second-order valence-corrected chi connectivity index (χ2v) is 4.75. The smallest absolute Gasteiger partial charge is 0.277 e. The quantitative estimate of drug-likeness (QED) is 0.657. The largest absolute Gasteiger partial charge is 0.341 e. The zero-order valence-corrected chi connectivity index (χ0v) is 12.4. The molecule has 0 aliphatic carbocycles. The lowest BCUT2D eigenvalue weighted by atomic mass is 10.1. The topological polar surface area (TPSA) is 73.8 Å². The number of urea groups is 1. The van der Waals surface area contributed by atoms with Crippen LogP contribution in [-0.2, 0) is 4.79 Å². The lowest BCUT2D eigenvalue weighted by Gasteiger charge is -2.21. The maximum atomic E-state index is 11.6. The minimum atomic E-state index is -0.624. The summed E-state index contributed by atoms with van der Waals surface area (Å²) < 4.78 is 0. The summed E-state index contributed by atoms with van der Waals surface area (Å²) in [6, 6.07) is 5.09. The molecule has 0 bridgehead atoms. The van der Waals surface area contributed by atoms with Gasteiger partial charge in [-0.1, -0.05) is 6.07 Å². The Labute approximate surface area is 118 Å². The van der Waals surface area contributed by atoms with Gasteiger partial charge in [-0.15, -0.1) is 0 Å². The first-order valence-electron chi connectivity index (χ1n) is 6.27. The molecule has 20 heavy (non-hydrogen) atoms. The molecule has 0 aliphatic heterocycles. The molecule has 1 aromatic carbocycles. The molecule has 0 atom stereocenters. The average molecular weight is 276 g/mol. The number of aryl methyl sites for hydroxylation is 2. The monoisotopic (exact) mass is 276 g/mol. The van der Waals surface area contributed by atoms with Gasteiger partial charge in [-0.3, -0.25) is 10.1 Å². The molecular weight excluding hydrogens is 256 g/mol. The summed E-state index contributed by atoms with van der Waals surface area (Å²) in [5.41, 5.74) is 6.24. The molecule has 0 fully saturated rings. The molecule has 0 heterocycles. The second-order valence-electron chi connectivity index (χ2n) is 4.75. The van der Waals surface area contributed by atoms with Crippen LogP contribution in [0.25, 0.3) is 0 Å². The number of amides is 3. The Hall–Kier alpha value is -2.37. The number of hydrazine groups is 1.